The molecule has 5 rings (SSSR count). The van der Waals surface area contributed by atoms with Crippen LogP contribution in [-0.4, -0.2) is 71.3 Å². The van der Waals surface area contributed by atoms with Gasteiger partial charge in [0.25, 0.3) is 11.8 Å². The molecule has 8 nitrogen and oxygen atoms in total. The number of aromatic nitrogens is 1. The first-order valence-electron chi connectivity index (χ1n) is 13.5. The lowest BCUT2D eigenvalue weighted by atomic mass is 9.94. The maximum absolute atomic E-state index is 13.5. The van der Waals surface area contributed by atoms with Crippen molar-refractivity contribution in [2.45, 2.75) is 62.9 Å². The van der Waals surface area contributed by atoms with Crippen LogP contribution in [0.3, 0.4) is 0 Å². The van der Waals surface area contributed by atoms with Crippen LogP contribution in [0.2, 0.25) is 0 Å². The average Bonchev–Trinajstić information content (AvgIpc) is 3.73. The molecule has 0 spiro atoms. The molecule has 2 aromatic carbocycles. The SMILES string of the molecule is CO[C@H]1CN[C@@H]([C@@H](O)[C@H](Cc2ccccc2)NC(=O)c2cccc(C(=O)N3CCC[C@@H]3c3nc(C)cs3)c2)C1. The summed E-state index contributed by atoms with van der Waals surface area (Å²) < 4.78 is 5.45. The van der Waals surface area contributed by atoms with E-state index in [0.717, 1.165) is 29.1 Å². The highest BCUT2D eigenvalue weighted by Crippen LogP contribution is 2.34. The van der Waals surface area contributed by atoms with Gasteiger partial charge in [-0.25, -0.2) is 4.98 Å². The number of carbonyl (C=O) groups excluding carboxylic acids is 2. The number of ether oxygens (including phenoxy) is 1. The molecule has 9 heteroatoms. The van der Waals surface area contributed by atoms with Crippen LogP contribution in [0.15, 0.2) is 60.0 Å². The first-order valence-corrected chi connectivity index (χ1v) is 14.4. The molecule has 39 heavy (non-hydrogen) atoms. The zero-order chi connectivity index (χ0) is 27.4. The van der Waals surface area contributed by atoms with Crippen LogP contribution in [0.1, 0.15) is 62.3 Å². The van der Waals surface area contributed by atoms with E-state index >= 15 is 0 Å². The van der Waals surface area contributed by atoms with Gasteiger partial charge in [-0.2, -0.15) is 0 Å². The minimum Gasteiger partial charge on any atom is -0.389 e. The molecule has 0 radical (unpaired) electrons. The van der Waals surface area contributed by atoms with Gasteiger partial charge in [0, 0.05) is 48.4 Å². The van der Waals surface area contributed by atoms with Crippen molar-refractivity contribution in [1.29, 1.82) is 0 Å². The van der Waals surface area contributed by atoms with Crippen molar-refractivity contribution in [1.82, 2.24) is 20.5 Å². The monoisotopic (exact) mass is 548 g/mol. The van der Waals surface area contributed by atoms with Crippen molar-refractivity contribution in [3.8, 4) is 0 Å². The molecule has 3 N–H and O–H groups in total. The Hall–Kier alpha value is -3.11. The van der Waals surface area contributed by atoms with Crippen LogP contribution in [-0.2, 0) is 11.2 Å². The highest BCUT2D eigenvalue weighted by Gasteiger charge is 2.36. The summed E-state index contributed by atoms with van der Waals surface area (Å²) in [5.41, 5.74) is 2.85. The number of amides is 2. The van der Waals surface area contributed by atoms with Gasteiger partial charge in [0.15, 0.2) is 0 Å². The van der Waals surface area contributed by atoms with Crippen LogP contribution < -0.4 is 10.6 Å². The number of aliphatic hydroxyl groups excluding tert-OH is 1. The number of nitrogens with one attached hydrogen (secondary N) is 2. The van der Waals surface area contributed by atoms with E-state index in [-0.39, 0.29) is 30.0 Å². The topological polar surface area (TPSA) is 104 Å². The largest absolute Gasteiger partial charge is 0.389 e. The molecule has 3 aromatic rings. The van der Waals surface area contributed by atoms with Gasteiger partial charge in [0.05, 0.1) is 24.3 Å². The number of methoxy groups -OCH3 is 1. The van der Waals surface area contributed by atoms with Gasteiger partial charge in [-0.3, -0.25) is 9.59 Å². The Labute approximate surface area is 233 Å². The second kappa shape index (κ2) is 12.4. The number of carbonyl (C=O) groups is 2. The third-order valence-electron chi connectivity index (χ3n) is 7.70. The molecule has 2 saturated heterocycles. The van der Waals surface area contributed by atoms with E-state index in [2.05, 4.69) is 15.6 Å². The molecule has 5 atom stereocenters. The van der Waals surface area contributed by atoms with E-state index < -0.39 is 12.1 Å². The quantitative estimate of drug-likeness (QED) is 0.378. The summed E-state index contributed by atoms with van der Waals surface area (Å²) in [6, 6.07) is 15.9. The number of nitrogens with zero attached hydrogens (tertiary/aromatic N) is 2. The first kappa shape index (κ1) is 27.5. The van der Waals surface area contributed by atoms with Crippen LogP contribution in [0.4, 0.5) is 0 Å². The second-order valence-electron chi connectivity index (χ2n) is 10.4. The Balaban J connectivity index is 1.32. The van der Waals surface area contributed by atoms with E-state index in [4.69, 9.17) is 4.74 Å². The summed E-state index contributed by atoms with van der Waals surface area (Å²) >= 11 is 1.59. The van der Waals surface area contributed by atoms with E-state index in [1.807, 2.05) is 47.5 Å². The highest BCUT2D eigenvalue weighted by molar-refractivity contribution is 7.09. The van der Waals surface area contributed by atoms with Crippen molar-refractivity contribution in [3.63, 3.8) is 0 Å². The number of rotatable bonds is 9. The number of benzene rings is 2. The van der Waals surface area contributed by atoms with Gasteiger partial charge < -0.3 is 25.4 Å². The van der Waals surface area contributed by atoms with Crippen LogP contribution in [0.5, 0.6) is 0 Å². The first-order chi connectivity index (χ1) is 18.9. The minimum atomic E-state index is -0.814. The van der Waals surface area contributed by atoms with Crippen molar-refractivity contribution >= 4 is 23.2 Å². The number of thiazole rings is 1. The Bertz CT molecular complexity index is 1280. The predicted molar refractivity (Wildman–Crippen MR) is 151 cm³/mol. The van der Waals surface area contributed by atoms with E-state index in [1.165, 1.54) is 0 Å². The maximum Gasteiger partial charge on any atom is 0.254 e. The third kappa shape index (κ3) is 6.38. The Morgan fingerprint density at radius 2 is 2.00 bits per heavy atom. The van der Waals surface area contributed by atoms with Crippen LogP contribution >= 0.6 is 11.3 Å². The lowest BCUT2D eigenvalue weighted by molar-refractivity contribution is 0.0677. The number of hydrogen-bond donors (Lipinski definition) is 3. The molecule has 0 unspecified atom stereocenters. The van der Waals surface area contributed by atoms with Crippen molar-refractivity contribution in [2.75, 3.05) is 20.2 Å². The minimum absolute atomic E-state index is 0.0307. The smallest absolute Gasteiger partial charge is 0.254 e. The van der Waals surface area contributed by atoms with Crippen LogP contribution in [0, 0.1) is 6.92 Å². The van der Waals surface area contributed by atoms with Gasteiger partial charge in [-0.1, -0.05) is 36.4 Å². The van der Waals surface area contributed by atoms with Gasteiger partial charge in [-0.05, 0) is 56.4 Å². The standard InChI is InChI=1S/C30H36N4O4S/c1-19-18-39-29(32-19)26-12-7-13-34(26)30(37)22-11-6-10-21(15-22)28(36)33-25(14-20-8-4-3-5-9-20)27(35)24-16-23(38-2)17-31-24/h3-6,8-11,15,18,23-27,31,35H,7,12-14,16-17H2,1-2H3,(H,33,36)/t23-,24-,25+,26-,27-/m1/s1. The molecule has 1 aromatic heterocycles. The fourth-order valence-corrected chi connectivity index (χ4v) is 6.52. The van der Waals surface area contributed by atoms with Gasteiger partial charge >= 0.3 is 0 Å². The van der Waals surface area contributed by atoms with Crippen molar-refractivity contribution in [3.05, 3.63) is 87.4 Å². The molecule has 206 valence electrons. The highest BCUT2D eigenvalue weighted by atomic mass is 32.1. The molecular weight excluding hydrogens is 512 g/mol. The second-order valence-corrected chi connectivity index (χ2v) is 11.3. The molecule has 3 heterocycles. The summed E-state index contributed by atoms with van der Waals surface area (Å²) in [6.45, 7) is 3.29. The van der Waals surface area contributed by atoms with Crippen molar-refractivity contribution < 1.29 is 19.4 Å². The maximum atomic E-state index is 13.5. The number of hydrogen-bond acceptors (Lipinski definition) is 7. The summed E-state index contributed by atoms with van der Waals surface area (Å²) in [6.07, 6.45) is 2.17. The molecule has 2 fully saturated rings. The lowest BCUT2D eigenvalue weighted by Crippen LogP contribution is -2.52. The predicted octanol–water partition coefficient (Wildman–Crippen LogP) is 3.51. The van der Waals surface area contributed by atoms with Crippen LogP contribution in [0.25, 0.3) is 0 Å². The number of likely N-dealkylation sites (tertiary alicyclic amines) is 1. The molecular formula is C30H36N4O4S. The van der Waals surface area contributed by atoms with E-state index in [1.54, 1.807) is 42.7 Å². The molecule has 2 amide bonds. The van der Waals surface area contributed by atoms with Crippen molar-refractivity contribution in [2.24, 2.45) is 0 Å². The Morgan fingerprint density at radius 3 is 2.72 bits per heavy atom. The van der Waals surface area contributed by atoms with Gasteiger partial charge in [0.2, 0.25) is 0 Å². The Morgan fingerprint density at radius 1 is 1.21 bits per heavy atom. The van der Waals surface area contributed by atoms with Gasteiger partial charge in [0.1, 0.15) is 5.01 Å². The summed E-state index contributed by atoms with van der Waals surface area (Å²) in [5, 5.41) is 20.7. The molecule has 2 aliphatic heterocycles. The van der Waals surface area contributed by atoms with Gasteiger partial charge in [-0.15, -0.1) is 11.3 Å². The molecule has 0 bridgehead atoms. The summed E-state index contributed by atoms with van der Waals surface area (Å²) in [4.78, 5) is 33.5. The zero-order valence-corrected chi connectivity index (χ0v) is 23.2. The molecule has 2 aliphatic rings. The normalized spacial score (nSPS) is 22.5. The Kier molecular flexibility index (Phi) is 8.72. The summed E-state index contributed by atoms with van der Waals surface area (Å²) in [7, 11) is 1.67. The molecule has 0 aliphatic carbocycles. The molecule has 0 saturated carbocycles. The number of aliphatic hydroxyl groups is 1. The van der Waals surface area contributed by atoms with E-state index in [0.29, 0.717) is 37.1 Å². The zero-order valence-electron chi connectivity index (χ0n) is 22.4. The third-order valence-corrected chi connectivity index (χ3v) is 8.77. The lowest BCUT2D eigenvalue weighted by Gasteiger charge is -2.29. The number of aryl methyl sites for hydroxylation is 1. The fraction of sp³-hybridized carbons (Fsp3) is 0.433. The fourth-order valence-electron chi connectivity index (χ4n) is 5.58. The summed E-state index contributed by atoms with van der Waals surface area (Å²) in [5.74, 6) is -0.416. The average molecular weight is 549 g/mol. The van der Waals surface area contributed by atoms with E-state index in [9.17, 15) is 14.7 Å².